The quantitative estimate of drug-likeness (QED) is 0.624. The molecular weight excluding hydrogens is 164 g/mol. The third-order valence-corrected chi connectivity index (χ3v) is 2.17. The molecule has 1 atom stereocenters. The molecule has 0 fully saturated rings. The van der Waals surface area contributed by atoms with Gasteiger partial charge < -0.3 is 4.74 Å². The molecule has 72 valence electrons. The molecule has 13 heavy (non-hydrogen) atoms. The smallest absolute Gasteiger partial charge is 0.313 e. The number of rotatable bonds is 3. The van der Waals surface area contributed by atoms with Crippen LogP contribution in [0.5, 0.6) is 0 Å². The molecule has 2 nitrogen and oxygen atoms in total. The zero-order chi connectivity index (χ0) is 9.68. The summed E-state index contributed by atoms with van der Waals surface area (Å²) >= 11 is 0. The molecule has 0 N–H and O–H groups in total. The molecule has 0 bridgehead atoms. The molecule has 1 unspecified atom stereocenters. The maximum atomic E-state index is 11.3. The summed E-state index contributed by atoms with van der Waals surface area (Å²) in [5.41, 5.74) is 1.31. The summed E-state index contributed by atoms with van der Waals surface area (Å²) in [6.07, 6.45) is 7.90. The molecule has 1 rings (SSSR count). The van der Waals surface area contributed by atoms with Crippen LogP contribution in [0.4, 0.5) is 0 Å². The van der Waals surface area contributed by atoms with Crippen LogP contribution in [-0.2, 0) is 9.53 Å². The van der Waals surface area contributed by atoms with Crippen molar-refractivity contribution >= 4 is 5.97 Å². The first kappa shape index (κ1) is 10.0. The lowest BCUT2D eigenvalue weighted by molar-refractivity contribution is -0.146. The third-order valence-electron chi connectivity index (χ3n) is 2.17. The van der Waals surface area contributed by atoms with Gasteiger partial charge in [-0.15, -0.1) is 0 Å². The minimum Gasteiger partial charge on any atom is -0.466 e. The number of hydrogen-bond acceptors (Lipinski definition) is 2. The fourth-order valence-corrected chi connectivity index (χ4v) is 1.35. The van der Waals surface area contributed by atoms with Crippen LogP contribution in [0.25, 0.3) is 0 Å². The predicted molar refractivity (Wildman–Crippen MR) is 52.3 cm³/mol. The van der Waals surface area contributed by atoms with E-state index in [2.05, 4.69) is 13.0 Å². The lowest BCUT2D eigenvalue weighted by Crippen LogP contribution is -2.16. The van der Waals surface area contributed by atoms with E-state index < -0.39 is 0 Å². The summed E-state index contributed by atoms with van der Waals surface area (Å²) in [5.74, 6) is -0.166. The Morgan fingerprint density at radius 1 is 1.62 bits per heavy atom. The fourth-order valence-electron chi connectivity index (χ4n) is 1.35. The molecule has 0 radical (unpaired) electrons. The van der Waals surface area contributed by atoms with Crippen molar-refractivity contribution in [1.29, 1.82) is 0 Å². The lowest BCUT2D eigenvalue weighted by atomic mass is 9.96. The Bertz CT molecular complexity index is 238. The lowest BCUT2D eigenvalue weighted by Gasteiger charge is -2.13. The monoisotopic (exact) mass is 180 g/mol. The molecule has 0 heterocycles. The largest absolute Gasteiger partial charge is 0.466 e. The van der Waals surface area contributed by atoms with Crippen molar-refractivity contribution in [2.75, 3.05) is 6.61 Å². The molecule has 0 aliphatic heterocycles. The fraction of sp³-hybridized carbons (Fsp3) is 0.545. The van der Waals surface area contributed by atoms with E-state index in [-0.39, 0.29) is 11.9 Å². The van der Waals surface area contributed by atoms with Gasteiger partial charge in [0.2, 0.25) is 0 Å². The molecule has 0 saturated heterocycles. The number of carbonyl (C=O) groups is 1. The van der Waals surface area contributed by atoms with Gasteiger partial charge in [-0.05, 0) is 19.8 Å². The summed E-state index contributed by atoms with van der Waals surface area (Å²) in [4.78, 5) is 11.3. The molecule has 1 aliphatic rings. The molecule has 0 amide bonds. The van der Waals surface area contributed by atoms with Crippen molar-refractivity contribution in [2.45, 2.75) is 26.7 Å². The average molecular weight is 180 g/mol. The Balaban J connectivity index is 2.47. The molecule has 2 heteroatoms. The first-order valence-corrected chi connectivity index (χ1v) is 4.81. The van der Waals surface area contributed by atoms with Gasteiger partial charge in [-0.25, -0.2) is 0 Å². The molecule has 0 aromatic carbocycles. The van der Waals surface area contributed by atoms with E-state index in [1.807, 2.05) is 19.1 Å². The van der Waals surface area contributed by atoms with Crippen molar-refractivity contribution in [1.82, 2.24) is 0 Å². The maximum Gasteiger partial charge on any atom is 0.313 e. The van der Waals surface area contributed by atoms with Crippen LogP contribution < -0.4 is 0 Å². The minimum absolute atomic E-state index is 0.0600. The normalized spacial score (nSPS) is 21.1. The van der Waals surface area contributed by atoms with Crippen LogP contribution >= 0.6 is 0 Å². The Kier molecular flexibility index (Phi) is 3.74. The highest BCUT2D eigenvalue weighted by Crippen LogP contribution is 2.19. The standard InChI is InChI=1S/C11H16O2/c1-3-9-5-7-10(8-6-9)11(12)13-4-2/h5-7,10H,3-4,8H2,1-2H3. The zero-order valence-corrected chi connectivity index (χ0v) is 8.25. The molecule has 0 aromatic heterocycles. The third kappa shape index (κ3) is 2.72. The van der Waals surface area contributed by atoms with Crippen LogP contribution in [0.2, 0.25) is 0 Å². The van der Waals surface area contributed by atoms with E-state index in [1.165, 1.54) is 5.57 Å². The molecule has 1 aliphatic carbocycles. The van der Waals surface area contributed by atoms with Gasteiger partial charge in [-0.2, -0.15) is 0 Å². The highest BCUT2D eigenvalue weighted by Gasteiger charge is 2.17. The van der Waals surface area contributed by atoms with E-state index in [4.69, 9.17) is 4.74 Å². The maximum absolute atomic E-state index is 11.3. The second-order valence-corrected chi connectivity index (χ2v) is 3.09. The van der Waals surface area contributed by atoms with Crippen molar-refractivity contribution in [3.8, 4) is 0 Å². The van der Waals surface area contributed by atoms with Gasteiger partial charge in [0.25, 0.3) is 0 Å². The van der Waals surface area contributed by atoms with Crippen LogP contribution in [0.1, 0.15) is 26.7 Å². The Hall–Kier alpha value is -1.05. The van der Waals surface area contributed by atoms with Gasteiger partial charge in [0, 0.05) is 0 Å². The molecular formula is C11H16O2. The van der Waals surface area contributed by atoms with Crippen LogP contribution in [0.15, 0.2) is 23.8 Å². The van der Waals surface area contributed by atoms with Gasteiger partial charge in [-0.3, -0.25) is 4.79 Å². The number of carbonyl (C=O) groups excluding carboxylic acids is 1. The second-order valence-electron chi connectivity index (χ2n) is 3.09. The minimum atomic E-state index is -0.106. The molecule has 0 spiro atoms. The summed E-state index contributed by atoms with van der Waals surface area (Å²) in [5, 5.41) is 0. The highest BCUT2D eigenvalue weighted by molar-refractivity contribution is 5.75. The van der Waals surface area contributed by atoms with Crippen LogP contribution in [0.3, 0.4) is 0 Å². The summed E-state index contributed by atoms with van der Waals surface area (Å²) < 4.78 is 4.93. The average Bonchev–Trinajstić information content (AvgIpc) is 2.18. The Morgan fingerprint density at radius 2 is 2.38 bits per heavy atom. The summed E-state index contributed by atoms with van der Waals surface area (Å²) in [6.45, 7) is 4.41. The predicted octanol–water partition coefficient (Wildman–Crippen LogP) is 2.46. The van der Waals surface area contributed by atoms with Crippen molar-refractivity contribution < 1.29 is 9.53 Å². The van der Waals surface area contributed by atoms with Crippen molar-refractivity contribution in [2.24, 2.45) is 5.92 Å². The van der Waals surface area contributed by atoms with Gasteiger partial charge in [0.1, 0.15) is 0 Å². The van der Waals surface area contributed by atoms with Crippen LogP contribution in [-0.4, -0.2) is 12.6 Å². The van der Waals surface area contributed by atoms with Gasteiger partial charge in [0.15, 0.2) is 0 Å². The summed E-state index contributed by atoms with van der Waals surface area (Å²) in [6, 6.07) is 0. The number of hydrogen-bond donors (Lipinski definition) is 0. The SMILES string of the molecule is CCOC(=O)C1C=CC(CC)=CC1. The first-order valence-electron chi connectivity index (χ1n) is 4.81. The van der Waals surface area contributed by atoms with E-state index in [0.717, 1.165) is 12.8 Å². The number of esters is 1. The summed E-state index contributed by atoms with van der Waals surface area (Å²) in [7, 11) is 0. The molecule has 0 saturated carbocycles. The van der Waals surface area contributed by atoms with E-state index in [9.17, 15) is 4.79 Å². The first-order chi connectivity index (χ1) is 6.27. The number of allylic oxidation sites excluding steroid dienone is 3. The van der Waals surface area contributed by atoms with Gasteiger partial charge in [0.05, 0.1) is 12.5 Å². The van der Waals surface area contributed by atoms with E-state index >= 15 is 0 Å². The topological polar surface area (TPSA) is 26.3 Å². The van der Waals surface area contributed by atoms with Gasteiger partial charge >= 0.3 is 5.97 Å². The zero-order valence-electron chi connectivity index (χ0n) is 8.25. The van der Waals surface area contributed by atoms with E-state index in [0.29, 0.717) is 6.61 Å². The van der Waals surface area contributed by atoms with Crippen molar-refractivity contribution in [3.05, 3.63) is 23.8 Å². The van der Waals surface area contributed by atoms with Crippen molar-refractivity contribution in [3.63, 3.8) is 0 Å². The second kappa shape index (κ2) is 4.85. The van der Waals surface area contributed by atoms with Gasteiger partial charge in [-0.1, -0.05) is 30.7 Å². The molecule has 0 aromatic rings. The highest BCUT2D eigenvalue weighted by atomic mass is 16.5. The van der Waals surface area contributed by atoms with Crippen LogP contribution in [0, 0.1) is 5.92 Å². The number of ether oxygens (including phenoxy) is 1. The Labute approximate surface area is 79.3 Å². The van der Waals surface area contributed by atoms with E-state index in [1.54, 1.807) is 0 Å². The Morgan fingerprint density at radius 3 is 2.85 bits per heavy atom.